The minimum absolute atomic E-state index is 0.196. The minimum Gasteiger partial charge on any atom is -0.487 e. The quantitative estimate of drug-likeness (QED) is 0.174. The molecule has 1 aromatic heterocycles. The minimum atomic E-state index is -0.618. The van der Waals surface area contributed by atoms with E-state index in [0.717, 1.165) is 35.1 Å². The number of hydrogen-bond donors (Lipinski definition) is 0. The zero-order valence-corrected chi connectivity index (χ0v) is 27.2. The van der Waals surface area contributed by atoms with Gasteiger partial charge < -0.3 is 9.47 Å². The van der Waals surface area contributed by atoms with E-state index in [-0.39, 0.29) is 12.2 Å². The van der Waals surface area contributed by atoms with Crippen molar-refractivity contribution in [3.8, 4) is 5.75 Å². The summed E-state index contributed by atoms with van der Waals surface area (Å²) in [7, 11) is 0. The van der Waals surface area contributed by atoms with E-state index in [1.165, 1.54) is 11.3 Å². The van der Waals surface area contributed by atoms with Gasteiger partial charge in [0.05, 0.1) is 35.6 Å². The molecule has 0 fully saturated rings. The number of allylic oxidation sites excluding steroid dienone is 1. The van der Waals surface area contributed by atoms with Crippen molar-refractivity contribution in [2.75, 3.05) is 6.61 Å². The Balaban J connectivity index is 1.56. The molecule has 4 aromatic rings. The first kappa shape index (κ1) is 28.7. The standard InChI is InChI=1S/C31H26I2N2O4S/c1-4-38-30(37)26-19(3)34-31-35(27(26)22-12-10-18(2)11-13-22)29(36)25(40-31)16-21-14-23(32)28(24(33)15-21)39-17-20-8-6-5-7-9-20/h5-16,27H,4,17H2,1-3H3/b25-16-/t27-/m1/s1. The SMILES string of the molecule is CCOC(=O)C1=C(C)N=c2s/c(=C\c3cc(I)c(OCc4ccccc4)c(I)c3)c(=O)n2[C@@H]1c1ccc(C)cc1. The van der Waals surface area contributed by atoms with E-state index in [0.29, 0.717) is 27.2 Å². The molecule has 0 saturated carbocycles. The van der Waals surface area contributed by atoms with E-state index in [4.69, 9.17) is 9.47 Å². The van der Waals surface area contributed by atoms with E-state index >= 15 is 0 Å². The Morgan fingerprint density at radius 1 is 1.05 bits per heavy atom. The van der Waals surface area contributed by atoms with Crippen LogP contribution in [0.3, 0.4) is 0 Å². The molecule has 0 saturated heterocycles. The average Bonchev–Trinajstić information content (AvgIpc) is 3.22. The van der Waals surface area contributed by atoms with Gasteiger partial charge in [-0.25, -0.2) is 9.79 Å². The maximum absolute atomic E-state index is 13.9. The van der Waals surface area contributed by atoms with E-state index in [1.54, 1.807) is 18.4 Å². The summed E-state index contributed by atoms with van der Waals surface area (Å²) in [5, 5.41) is 0. The topological polar surface area (TPSA) is 69.9 Å². The van der Waals surface area contributed by atoms with Crippen LogP contribution in [0.25, 0.3) is 6.08 Å². The third-order valence-corrected chi connectivity index (χ3v) is 9.04. The molecule has 6 nitrogen and oxygen atoms in total. The normalized spacial score (nSPS) is 15.0. The molecule has 204 valence electrons. The Kier molecular flexibility index (Phi) is 8.91. The summed E-state index contributed by atoms with van der Waals surface area (Å²) in [4.78, 5) is 32.2. The average molecular weight is 776 g/mol. The number of nitrogens with zero attached hydrogens (tertiary/aromatic N) is 2. The largest absolute Gasteiger partial charge is 0.487 e. The van der Waals surface area contributed by atoms with E-state index < -0.39 is 12.0 Å². The van der Waals surface area contributed by atoms with Crippen LogP contribution < -0.4 is 19.6 Å². The zero-order chi connectivity index (χ0) is 28.4. The molecule has 3 aromatic carbocycles. The monoisotopic (exact) mass is 776 g/mol. The summed E-state index contributed by atoms with van der Waals surface area (Å²) >= 11 is 5.86. The van der Waals surface area contributed by atoms with Gasteiger partial charge >= 0.3 is 5.97 Å². The second-order valence-electron chi connectivity index (χ2n) is 9.30. The fraction of sp³-hybridized carbons (Fsp3) is 0.194. The number of aromatic nitrogens is 1. The van der Waals surface area contributed by atoms with Crippen LogP contribution in [0.1, 0.15) is 42.1 Å². The summed E-state index contributed by atoms with van der Waals surface area (Å²) in [5.41, 5.74) is 4.65. The molecular formula is C31H26I2N2O4S. The van der Waals surface area contributed by atoms with Crippen molar-refractivity contribution in [1.29, 1.82) is 0 Å². The number of benzene rings is 3. The number of fused-ring (bicyclic) bond motifs is 1. The maximum Gasteiger partial charge on any atom is 0.338 e. The molecule has 9 heteroatoms. The summed E-state index contributed by atoms with van der Waals surface area (Å²) < 4.78 is 15.6. The van der Waals surface area contributed by atoms with Gasteiger partial charge in [-0.05, 0) is 101 Å². The Morgan fingerprint density at radius 3 is 2.38 bits per heavy atom. The molecule has 0 radical (unpaired) electrons. The lowest BCUT2D eigenvalue weighted by atomic mass is 9.95. The van der Waals surface area contributed by atoms with Crippen molar-refractivity contribution in [3.63, 3.8) is 0 Å². The van der Waals surface area contributed by atoms with Gasteiger partial charge in [0.25, 0.3) is 5.56 Å². The molecule has 1 aliphatic heterocycles. The van der Waals surface area contributed by atoms with Crippen LogP contribution in [-0.4, -0.2) is 17.1 Å². The second kappa shape index (κ2) is 12.4. The van der Waals surface area contributed by atoms with Gasteiger partial charge in [0.15, 0.2) is 4.80 Å². The van der Waals surface area contributed by atoms with Crippen LogP contribution in [0.5, 0.6) is 5.75 Å². The smallest absolute Gasteiger partial charge is 0.338 e. The first-order valence-electron chi connectivity index (χ1n) is 12.7. The molecule has 5 rings (SSSR count). The highest BCUT2D eigenvalue weighted by atomic mass is 127. The van der Waals surface area contributed by atoms with Crippen LogP contribution >= 0.6 is 56.5 Å². The maximum atomic E-state index is 13.9. The Labute approximate surface area is 263 Å². The summed E-state index contributed by atoms with van der Waals surface area (Å²) in [5.74, 6) is 0.358. The van der Waals surface area contributed by atoms with Gasteiger partial charge in [-0.2, -0.15) is 0 Å². The second-order valence-corrected chi connectivity index (χ2v) is 12.6. The van der Waals surface area contributed by atoms with Crippen molar-refractivity contribution < 1.29 is 14.3 Å². The molecule has 1 atom stereocenters. The lowest BCUT2D eigenvalue weighted by molar-refractivity contribution is -0.139. The van der Waals surface area contributed by atoms with Crippen molar-refractivity contribution in [3.05, 3.63) is 127 Å². The van der Waals surface area contributed by atoms with Gasteiger partial charge in [0.1, 0.15) is 12.4 Å². The number of ether oxygens (including phenoxy) is 2. The lowest BCUT2D eigenvalue weighted by Gasteiger charge is -2.24. The first-order valence-corrected chi connectivity index (χ1v) is 15.7. The molecule has 0 aliphatic carbocycles. The van der Waals surface area contributed by atoms with Crippen molar-refractivity contribution in [2.24, 2.45) is 4.99 Å². The number of esters is 1. The molecule has 2 heterocycles. The van der Waals surface area contributed by atoms with Crippen LogP contribution in [0.4, 0.5) is 0 Å². The lowest BCUT2D eigenvalue weighted by Crippen LogP contribution is -2.39. The predicted octanol–water partition coefficient (Wildman–Crippen LogP) is 5.89. The number of rotatable bonds is 7. The van der Waals surface area contributed by atoms with Crippen molar-refractivity contribution >= 4 is 68.6 Å². The van der Waals surface area contributed by atoms with Crippen molar-refractivity contribution in [1.82, 2.24) is 4.57 Å². The summed E-state index contributed by atoms with van der Waals surface area (Å²) in [6.07, 6.45) is 1.88. The highest BCUT2D eigenvalue weighted by Crippen LogP contribution is 2.32. The van der Waals surface area contributed by atoms with Gasteiger partial charge in [-0.15, -0.1) is 0 Å². The van der Waals surface area contributed by atoms with Crippen LogP contribution in [0.15, 0.2) is 87.8 Å². The van der Waals surface area contributed by atoms with Gasteiger partial charge in [-0.3, -0.25) is 9.36 Å². The van der Waals surface area contributed by atoms with Crippen LogP contribution in [0.2, 0.25) is 0 Å². The number of aryl methyl sites for hydroxylation is 1. The van der Waals surface area contributed by atoms with Gasteiger partial charge in [-0.1, -0.05) is 71.5 Å². The van der Waals surface area contributed by atoms with E-state index in [9.17, 15) is 9.59 Å². The number of hydrogen-bond acceptors (Lipinski definition) is 6. The third-order valence-electron chi connectivity index (χ3n) is 6.45. The molecule has 0 amide bonds. The molecule has 1 aliphatic rings. The van der Waals surface area contributed by atoms with E-state index in [2.05, 4.69) is 50.2 Å². The van der Waals surface area contributed by atoms with Gasteiger partial charge in [0.2, 0.25) is 0 Å². The Hall–Kier alpha value is -2.77. The highest BCUT2D eigenvalue weighted by molar-refractivity contribution is 14.1. The summed E-state index contributed by atoms with van der Waals surface area (Å²) in [6, 6.07) is 21.3. The number of halogens is 2. The number of carbonyl (C=O) groups excluding carboxylic acids is 1. The Morgan fingerprint density at radius 2 is 1.73 bits per heavy atom. The number of thiazole rings is 1. The fourth-order valence-electron chi connectivity index (χ4n) is 4.54. The summed E-state index contributed by atoms with van der Waals surface area (Å²) in [6.45, 7) is 6.28. The molecule has 40 heavy (non-hydrogen) atoms. The van der Waals surface area contributed by atoms with Crippen LogP contribution in [-0.2, 0) is 16.1 Å². The molecular weight excluding hydrogens is 750 g/mol. The molecule has 0 N–H and O–H groups in total. The highest BCUT2D eigenvalue weighted by Gasteiger charge is 2.33. The van der Waals surface area contributed by atoms with Crippen molar-refractivity contribution in [2.45, 2.75) is 33.4 Å². The first-order chi connectivity index (χ1) is 19.3. The zero-order valence-electron chi connectivity index (χ0n) is 22.1. The number of carbonyl (C=O) groups is 1. The van der Waals surface area contributed by atoms with E-state index in [1.807, 2.05) is 79.7 Å². The molecule has 0 bridgehead atoms. The third kappa shape index (κ3) is 5.96. The molecule has 0 unspecified atom stereocenters. The predicted molar refractivity (Wildman–Crippen MR) is 174 cm³/mol. The fourth-order valence-corrected chi connectivity index (χ4v) is 7.71. The van der Waals surface area contributed by atoms with Gasteiger partial charge in [0, 0.05) is 0 Å². The molecule has 0 spiro atoms. The Bertz CT molecular complexity index is 1770. The van der Waals surface area contributed by atoms with Crippen LogP contribution in [0, 0.1) is 14.1 Å².